The highest BCUT2D eigenvalue weighted by molar-refractivity contribution is 6.31. The van der Waals surface area contributed by atoms with Crippen molar-refractivity contribution in [1.29, 1.82) is 0 Å². The Bertz CT molecular complexity index is 659. The molecule has 0 atom stereocenters. The monoisotopic (exact) mass is 318 g/mol. The standard InChI is InChI=1S/C17H19ClN2O2/c1-12-7-8-16(13(2)9-12)22-11-20-17(21)19-10-14-5-3-4-6-15(14)18/h3-9H,10-11H2,1-2H3,(H2,19,20,21). The molecule has 22 heavy (non-hydrogen) atoms. The summed E-state index contributed by atoms with van der Waals surface area (Å²) in [6.07, 6.45) is 0. The number of aryl methyl sites for hydroxylation is 2. The lowest BCUT2D eigenvalue weighted by molar-refractivity contribution is 0.223. The highest BCUT2D eigenvalue weighted by atomic mass is 35.5. The second kappa shape index (κ2) is 7.71. The van der Waals surface area contributed by atoms with Crippen LogP contribution in [0.5, 0.6) is 5.75 Å². The lowest BCUT2D eigenvalue weighted by Crippen LogP contribution is -2.37. The third-order valence-corrected chi connectivity index (χ3v) is 3.56. The molecular weight excluding hydrogens is 300 g/mol. The fourth-order valence-corrected chi connectivity index (χ4v) is 2.22. The summed E-state index contributed by atoms with van der Waals surface area (Å²) >= 11 is 6.03. The largest absolute Gasteiger partial charge is 0.473 e. The van der Waals surface area contributed by atoms with Gasteiger partial charge >= 0.3 is 6.03 Å². The van der Waals surface area contributed by atoms with Crippen molar-refractivity contribution in [2.24, 2.45) is 0 Å². The normalized spacial score (nSPS) is 10.1. The number of carbonyl (C=O) groups is 1. The van der Waals surface area contributed by atoms with Crippen molar-refractivity contribution in [1.82, 2.24) is 10.6 Å². The fraction of sp³-hybridized carbons (Fsp3) is 0.235. The first-order chi connectivity index (χ1) is 10.6. The molecule has 2 aromatic rings. The van der Waals surface area contributed by atoms with Crippen LogP contribution in [0.2, 0.25) is 5.02 Å². The molecule has 116 valence electrons. The van der Waals surface area contributed by atoms with Gasteiger partial charge in [0, 0.05) is 11.6 Å². The number of halogens is 1. The average molecular weight is 319 g/mol. The van der Waals surface area contributed by atoms with Gasteiger partial charge in [0.2, 0.25) is 0 Å². The van der Waals surface area contributed by atoms with E-state index in [0.717, 1.165) is 16.9 Å². The summed E-state index contributed by atoms with van der Waals surface area (Å²) < 4.78 is 5.54. The Morgan fingerprint density at radius 2 is 1.91 bits per heavy atom. The summed E-state index contributed by atoms with van der Waals surface area (Å²) in [5.74, 6) is 0.761. The van der Waals surface area contributed by atoms with Crippen molar-refractivity contribution in [2.75, 3.05) is 6.73 Å². The van der Waals surface area contributed by atoms with E-state index in [-0.39, 0.29) is 12.8 Å². The Morgan fingerprint density at radius 3 is 2.64 bits per heavy atom. The molecule has 0 radical (unpaired) electrons. The van der Waals surface area contributed by atoms with Gasteiger partial charge in [0.1, 0.15) is 5.75 Å². The minimum Gasteiger partial charge on any atom is -0.473 e. The van der Waals surface area contributed by atoms with Gasteiger partial charge in [-0.15, -0.1) is 0 Å². The van der Waals surface area contributed by atoms with Crippen molar-refractivity contribution in [3.05, 3.63) is 64.2 Å². The molecule has 0 aliphatic rings. The Balaban J connectivity index is 1.75. The average Bonchev–Trinajstić information content (AvgIpc) is 2.49. The smallest absolute Gasteiger partial charge is 0.317 e. The fourth-order valence-electron chi connectivity index (χ4n) is 2.02. The van der Waals surface area contributed by atoms with Gasteiger partial charge in [-0.1, -0.05) is 47.5 Å². The van der Waals surface area contributed by atoms with E-state index in [4.69, 9.17) is 16.3 Å². The summed E-state index contributed by atoms with van der Waals surface area (Å²) in [6.45, 7) is 4.48. The van der Waals surface area contributed by atoms with Crippen molar-refractivity contribution in [3.63, 3.8) is 0 Å². The van der Waals surface area contributed by atoms with Crippen LogP contribution in [-0.4, -0.2) is 12.8 Å². The highest BCUT2D eigenvalue weighted by Gasteiger charge is 2.04. The van der Waals surface area contributed by atoms with E-state index in [1.807, 2.05) is 50.2 Å². The maximum absolute atomic E-state index is 11.7. The molecule has 0 bridgehead atoms. The summed E-state index contributed by atoms with van der Waals surface area (Å²) in [7, 11) is 0. The molecule has 0 heterocycles. The van der Waals surface area contributed by atoms with Crippen LogP contribution in [0.4, 0.5) is 4.79 Å². The number of ether oxygens (including phenoxy) is 1. The molecule has 5 heteroatoms. The maximum atomic E-state index is 11.7. The first kappa shape index (κ1) is 16.2. The van der Waals surface area contributed by atoms with Gasteiger partial charge in [-0.2, -0.15) is 0 Å². The zero-order chi connectivity index (χ0) is 15.9. The van der Waals surface area contributed by atoms with E-state index in [9.17, 15) is 4.79 Å². The van der Waals surface area contributed by atoms with Gasteiger partial charge in [-0.25, -0.2) is 4.79 Å². The van der Waals surface area contributed by atoms with E-state index < -0.39 is 0 Å². The Kier molecular flexibility index (Phi) is 5.67. The number of nitrogens with one attached hydrogen (secondary N) is 2. The molecule has 0 unspecified atom stereocenters. The van der Waals surface area contributed by atoms with Gasteiger partial charge in [0.05, 0.1) is 0 Å². The van der Waals surface area contributed by atoms with E-state index in [1.54, 1.807) is 6.07 Å². The van der Waals surface area contributed by atoms with E-state index in [1.165, 1.54) is 5.56 Å². The van der Waals surface area contributed by atoms with Gasteiger partial charge in [0.15, 0.2) is 6.73 Å². The summed E-state index contributed by atoms with van der Waals surface area (Å²) in [5.41, 5.74) is 3.09. The quantitative estimate of drug-likeness (QED) is 0.824. The second-order valence-corrected chi connectivity index (χ2v) is 5.42. The molecule has 0 aliphatic carbocycles. The molecule has 0 fully saturated rings. The Morgan fingerprint density at radius 1 is 1.14 bits per heavy atom. The molecule has 0 saturated carbocycles. The SMILES string of the molecule is Cc1ccc(OCNC(=O)NCc2ccccc2Cl)c(C)c1. The maximum Gasteiger partial charge on any atom is 0.317 e. The minimum atomic E-state index is -0.301. The Hall–Kier alpha value is -2.20. The van der Waals surface area contributed by atoms with Crippen LogP contribution in [-0.2, 0) is 6.54 Å². The molecular formula is C17H19ClN2O2. The molecule has 0 saturated heterocycles. The van der Waals surface area contributed by atoms with E-state index in [0.29, 0.717) is 11.6 Å². The summed E-state index contributed by atoms with van der Waals surface area (Å²) in [4.78, 5) is 11.7. The number of hydrogen-bond acceptors (Lipinski definition) is 2. The van der Waals surface area contributed by atoms with Gasteiger partial charge in [-0.3, -0.25) is 0 Å². The number of urea groups is 1. The van der Waals surface area contributed by atoms with Gasteiger partial charge in [0.25, 0.3) is 0 Å². The Labute approximate surface area is 135 Å². The number of benzene rings is 2. The van der Waals surface area contributed by atoms with Crippen LogP contribution in [0, 0.1) is 13.8 Å². The molecule has 2 rings (SSSR count). The topological polar surface area (TPSA) is 50.4 Å². The number of carbonyl (C=O) groups excluding carboxylic acids is 1. The molecule has 0 aliphatic heterocycles. The molecule has 2 N–H and O–H groups in total. The van der Waals surface area contributed by atoms with Crippen LogP contribution in [0.15, 0.2) is 42.5 Å². The summed E-state index contributed by atoms with van der Waals surface area (Å²) in [6, 6.07) is 13.0. The molecule has 2 aromatic carbocycles. The lowest BCUT2D eigenvalue weighted by Gasteiger charge is -2.12. The zero-order valence-electron chi connectivity index (χ0n) is 12.7. The van der Waals surface area contributed by atoms with E-state index in [2.05, 4.69) is 10.6 Å². The molecule has 2 amide bonds. The van der Waals surface area contributed by atoms with Crippen molar-refractivity contribution >= 4 is 17.6 Å². The number of amides is 2. The minimum absolute atomic E-state index is 0.109. The lowest BCUT2D eigenvalue weighted by atomic mass is 10.1. The van der Waals surface area contributed by atoms with Crippen molar-refractivity contribution in [3.8, 4) is 5.75 Å². The van der Waals surface area contributed by atoms with Crippen LogP contribution in [0.3, 0.4) is 0 Å². The predicted octanol–water partition coefficient (Wildman–Crippen LogP) is 3.79. The summed E-state index contributed by atoms with van der Waals surface area (Å²) in [5, 5.41) is 6.02. The first-order valence-corrected chi connectivity index (χ1v) is 7.39. The number of hydrogen-bond donors (Lipinski definition) is 2. The first-order valence-electron chi connectivity index (χ1n) is 7.01. The van der Waals surface area contributed by atoms with Gasteiger partial charge < -0.3 is 15.4 Å². The molecule has 4 nitrogen and oxygen atoms in total. The third-order valence-electron chi connectivity index (χ3n) is 3.19. The van der Waals surface area contributed by atoms with Crippen LogP contribution >= 0.6 is 11.6 Å². The molecule has 0 aromatic heterocycles. The van der Waals surface area contributed by atoms with E-state index >= 15 is 0 Å². The van der Waals surface area contributed by atoms with Crippen molar-refractivity contribution < 1.29 is 9.53 Å². The van der Waals surface area contributed by atoms with Crippen molar-refractivity contribution in [2.45, 2.75) is 20.4 Å². The highest BCUT2D eigenvalue weighted by Crippen LogP contribution is 2.18. The van der Waals surface area contributed by atoms with Crippen LogP contribution in [0.25, 0.3) is 0 Å². The van der Waals surface area contributed by atoms with Crippen LogP contribution < -0.4 is 15.4 Å². The van der Waals surface area contributed by atoms with Gasteiger partial charge in [-0.05, 0) is 37.1 Å². The van der Waals surface area contributed by atoms with Crippen LogP contribution in [0.1, 0.15) is 16.7 Å². The predicted molar refractivity (Wildman–Crippen MR) is 88.2 cm³/mol. The molecule has 0 spiro atoms. The number of rotatable bonds is 5. The second-order valence-electron chi connectivity index (χ2n) is 5.01. The zero-order valence-corrected chi connectivity index (χ0v) is 13.4. The third kappa shape index (κ3) is 4.67.